The summed E-state index contributed by atoms with van der Waals surface area (Å²) in [5.41, 5.74) is 4.34. The fraction of sp³-hybridized carbons (Fsp3) is 0.167. The number of nitrogens with two attached hydrogens (primary N) is 1. The highest BCUT2D eigenvalue weighted by molar-refractivity contribution is 6.03. The molecular formula is C12H12F3N3O. The maximum atomic E-state index is 12.7. The number of amides is 1. The highest BCUT2D eigenvalue weighted by Gasteiger charge is 2.32. The van der Waals surface area contributed by atoms with Crippen LogP contribution in [0.1, 0.15) is 11.1 Å². The Hall–Kier alpha value is -2.31. The van der Waals surface area contributed by atoms with Gasteiger partial charge in [0.05, 0.1) is 5.56 Å². The molecule has 0 bridgehead atoms. The number of guanidine groups is 1. The minimum Gasteiger partial charge on any atom is -0.370 e. The second-order valence-electron chi connectivity index (χ2n) is 3.52. The normalized spacial score (nSPS) is 12.7. The number of benzene rings is 1. The predicted octanol–water partition coefficient (Wildman–Crippen LogP) is 1.78. The molecule has 0 fully saturated rings. The van der Waals surface area contributed by atoms with Gasteiger partial charge in [-0.2, -0.15) is 13.2 Å². The van der Waals surface area contributed by atoms with Crippen LogP contribution in [0, 0.1) is 0 Å². The summed E-state index contributed by atoms with van der Waals surface area (Å²) in [6.07, 6.45) is -2.44. The molecule has 3 N–H and O–H groups in total. The van der Waals surface area contributed by atoms with Crippen molar-refractivity contribution < 1.29 is 18.0 Å². The van der Waals surface area contributed by atoms with E-state index in [9.17, 15) is 18.0 Å². The van der Waals surface area contributed by atoms with E-state index < -0.39 is 17.6 Å². The molecule has 0 aliphatic heterocycles. The van der Waals surface area contributed by atoms with Crippen LogP contribution in [-0.4, -0.2) is 18.9 Å². The van der Waals surface area contributed by atoms with Crippen molar-refractivity contribution in [1.29, 1.82) is 0 Å². The van der Waals surface area contributed by atoms with Crippen LogP contribution in [0.15, 0.2) is 35.3 Å². The Morgan fingerprint density at radius 3 is 2.58 bits per heavy atom. The first-order valence-corrected chi connectivity index (χ1v) is 5.22. The first kappa shape index (κ1) is 14.7. The van der Waals surface area contributed by atoms with Crippen molar-refractivity contribution >= 4 is 17.9 Å². The van der Waals surface area contributed by atoms with Crippen LogP contribution in [0.5, 0.6) is 0 Å². The second kappa shape index (κ2) is 6.03. The van der Waals surface area contributed by atoms with Crippen LogP contribution in [0.2, 0.25) is 0 Å². The number of carbonyl (C=O) groups excluding carboxylic acids is 1. The summed E-state index contributed by atoms with van der Waals surface area (Å²) in [6, 6.07) is 4.94. The van der Waals surface area contributed by atoms with Gasteiger partial charge in [-0.25, -0.2) is 0 Å². The van der Waals surface area contributed by atoms with E-state index in [1.54, 1.807) is 0 Å². The SMILES string of the molecule is CN=C(N)NC(=O)C=Cc1ccccc1C(F)(F)F. The molecular weight excluding hydrogens is 259 g/mol. The largest absolute Gasteiger partial charge is 0.416 e. The van der Waals surface area contributed by atoms with Crippen LogP contribution >= 0.6 is 0 Å². The predicted molar refractivity (Wildman–Crippen MR) is 66.2 cm³/mol. The van der Waals surface area contributed by atoms with Crippen molar-refractivity contribution in [2.45, 2.75) is 6.18 Å². The van der Waals surface area contributed by atoms with Crippen LogP contribution in [0.3, 0.4) is 0 Å². The van der Waals surface area contributed by atoms with Gasteiger partial charge in [0.1, 0.15) is 0 Å². The van der Waals surface area contributed by atoms with Gasteiger partial charge in [-0.3, -0.25) is 15.1 Å². The first-order chi connectivity index (χ1) is 8.84. The Balaban J connectivity index is 2.91. The Bertz CT molecular complexity index is 521. The van der Waals surface area contributed by atoms with E-state index in [-0.39, 0.29) is 11.5 Å². The molecule has 19 heavy (non-hydrogen) atoms. The molecule has 0 unspecified atom stereocenters. The molecule has 0 heterocycles. The van der Waals surface area contributed by atoms with E-state index in [1.807, 2.05) is 0 Å². The lowest BCUT2D eigenvalue weighted by molar-refractivity contribution is -0.137. The fourth-order valence-corrected chi connectivity index (χ4v) is 1.29. The number of nitrogens with one attached hydrogen (secondary N) is 1. The quantitative estimate of drug-likeness (QED) is 0.489. The fourth-order valence-electron chi connectivity index (χ4n) is 1.29. The number of hydrogen-bond acceptors (Lipinski definition) is 2. The third kappa shape index (κ3) is 4.46. The van der Waals surface area contributed by atoms with Crippen molar-refractivity contribution in [1.82, 2.24) is 5.32 Å². The summed E-state index contributed by atoms with van der Waals surface area (Å²) >= 11 is 0. The summed E-state index contributed by atoms with van der Waals surface area (Å²) in [5, 5.41) is 2.18. The van der Waals surface area contributed by atoms with Crippen molar-refractivity contribution in [3.63, 3.8) is 0 Å². The van der Waals surface area contributed by atoms with Gasteiger partial charge < -0.3 is 5.73 Å². The first-order valence-electron chi connectivity index (χ1n) is 5.22. The maximum absolute atomic E-state index is 12.7. The molecule has 0 aliphatic rings. The summed E-state index contributed by atoms with van der Waals surface area (Å²) < 4.78 is 38.0. The van der Waals surface area contributed by atoms with Crippen molar-refractivity contribution in [2.24, 2.45) is 10.7 Å². The zero-order valence-corrected chi connectivity index (χ0v) is 10.0. The number of carbonyl (C=O) groups is 1. The number of halogens is 3. The van der Waals surface area contributed by atoms with Crippen molar-refractivity contribution in [3.8, 4) is 0 Å². The van der Waals surface area contributed by atoms with Gasteiger partial charge >= 0.3 is 6.18 Å². The van der Waals surface area contributed by atoms with E-state index in [4.69, 9.17) is 5.73 Å². The number of aliphatic imine (C=N–C) groups is 1. The lowest BCUT2D eigenvalue weighted by atomic mass is 10.1. The van der Waals surface area contributed by atoms with Gasteiger partial charge in [0, 0.05) is 13.1 Å². The summed E-state index contributed by atoms with van der Waals surface area (Å²) in [7, 11) is 1.37. The van der Waals surface area contributed by atoms with Crippen molar-refractivity contribution in [3.05, 3.63) is 41.5 Å². The molecule has 0 atom stereocenters. The minimum absolute atomic E-state index is 0.0999. The number of alkyl halides is 3. The number of nitrogens with zero attached hydrogens (tertiary/aromatic N) is 1. The highest BCUT2D eigenvalue weighted by atomic mass is 19.4. The number of hydrogen-bond donors (Lipinski definition) is 2. The molecule has 0 radical (unpaired) electrons. The average Bonchev–Trinajstić information content (AvgIpc) is 2.35. The van der Waals surface area contributed by atoms with E-state index in [0.29, 0.717) is 0 Å². The Morgan fingerprint density at radius 1 is 1.37 bits per heavy atom. The molecule has 102 valence electrons. The molecule has 7 heteroatoms. The molecule has 0 aromatic heterocycles. The van der Waals surface area contributed by atoms with Crippen molar-refractivity contribution in [2.75, 3.05) is 7.05 Å². The van der Waals surface area contributed by atoms with Crippen LogP contribution < -0.4 is 11.1 Å². The van der Waals surface area contributed by atoms with Crippen LogP contribution in [0.25, 0.3) is 6.08 Å². The lowest BCUT2D eigenvalue weighted by Crippen LogP contribution is -2.35. The standard InChI is InChI=1S/C12H12F3N3O/c1-17-11(16)18-10(19)7-6-8-4-2-3-5-9(8)12(13,14)15/h2-7H,1H3,(H3,16,17,18,19). The monoisotopic (exact) mass is 271 g/mol. The Kier molecular flexibility index (Phi) is 4.68. The Morgan fingerprint density at radius 2 is 2.00 bits per heavy atom. The second-order valence-corrected chi connectivity index (χ2v) is 3.52. The van der Waals surface area contributed by atoms with E-state index >= 15 is 0 Å². The van der Waals surface area contributed by atoms with Crippen LogP contribution in [0.4, 0.5) is 13.2 Å². The molecule has 1 rings (SSSR count). The molecule has 0 spiro atoms. The molecule has 0 saturated heterocycles. The third-order valence-corrected chi connectivity index (χ3v) is 2.17. The van der Waals surface area contributed by atoms with Gasteiger partial charge in [-0.05, 0) is 17.7 Å². The van der Waals surface area contributed by atoms with Gasteiger partial charge in [-0.15, -0.1) is 0 Å². The van der Waals surface area contributed by atoms with E-state index in [0.717, 1.165) is 18.2 Å². The molecule has 1 aromatic carbocycles. The van der Waals surface area contributed by atoms with E-state index in [1.165, 1.54) is 25.2 Å². The molecule has 1 amide bonds. The van der Waals surface area contributed by atoms with E-state index in [2.05, 4.69) is 10.3 Å². The summed E-state index contributed by atoms with van der Waals surface area (Å²) in [4.78, 5) is 14.8. The van der Waals surface area contributed by atoms with Gasteiger partial charge in [-0.1, -0.05) is 18.2 Å². The van der Waals surface area contributed by atoms with Gasteiger partial charge in [0.2, 0.25) is 0 Å². The molecule has 4 nitrogen and oxygen atoms in total. The maximum Gasteiger partial charge on any atom is 0.416 e. The zero-order valence-electron chi connectivity index (χ0n) is 10.0. The third-order valence-electron chi connectivity index (χ3n) is 2.17. The highest BCUT2D eigenvalue weighted by Crippen LogP contribution is 2.32. The molecule has 1 aromatic rings. The molecule has 0 saturated carbocycles. The minimum atomic E-state index is -4.47. The lowest BCUT2D eigenvalue weighted by Gasteiger charge is -2.09. The summed E-state index contributed by atoms with van der Waals surface area (Å²) in [5.74, 6) is -0.765. The smallest absolute Gasteiger partial charge is 0.370 e. The topological polar surface area (TPSA) is 67.5 Å². The van der Waals surface area contributed by atoms with Gasteiger partial charge in [0.15, 0.2) is 5.96 Å². The zero-order chi connectivity index (χ0) is 14.5. The molecule has 0 aliphatic carbocycles. The Labute approximate surface area is 107 Å². The average molecular weight is 271 g/mol. The van der Waals surface area contributed by atoms with Gasteiger partial charge in [0.25, 0.3) is 5.91 Å². The van der Waals surface area contributed by atoms with Crippen LogP contribution in [-0.2, 0) is 11.0 Å². The summed E-state index contributed by atoms with van der Waals surface area (Å²) in [6.45, 7) is 0. The number of rotatable bonds is 2.